The molecule has 0 saturated carbocycles. The van der Waals surface area contributed by atoms with Gasteiger partial charge < -0.3 is 66.7 Å². The fraction of sp³-hybridized carbons (Fsp3) is 0.950. The molecule has 0 aromatic carbocycles. The number of esters is 1. The molecule has 0 saturated heterocycles. The maximum atomic E-state index is 11.5. The van der Waals surface area contributed by atoms with Crippen molar-refractivity contribution in [1.82, 2.24) is 0 Å². The maximum Gasteiger partial charge on any atom is 0.305 e. The normalized spacial score (nSPS) is 11.4. The highest BCUT2D eigenvalue weighted by Crippen LogP contribution is 2.08. The van der Waals surface area contributed by atoms with Gasteiger partial charge in [-0.1, -0.05) is 51.9 Å². The summed E-state index contributed by atoms with van der Waals surface area (Å²) >= 11 is 0. The first-order valence-electron chi connectivity index (χ1n) is 21.0. The summed E-state index contributed by atoms with van der Waals surface area (Å²) in [4.78, 5) is 21.9. The van der Waals surface area contributed by atoms with E-state index in [0.717, 1.165) is 13.0 Å². The average Bonchev–Trinajstić information content (AvgIpc) is 3.19. The predicted molar refractivity (Wildman–Crippen MR) is 210 cm³/mol. The highest BCUT2D eigenvalue weighted by molar-refractivity contribution is 5.69. The predicted octanol–water partition coefficient (Wildman–Crippen LogP) is 4.51. The third-order valence-electron chi connectivity index (χ3n) is 7.75. The summed E-state index contributed by atoms with van der Waals surface area (Å²) in [6, 6.07) is 0. The van der Waals surface area contributed by atoms with Crippen molar-refractivity contribution in [3.05, 3.63) is 0 Å². The molecule has 0 aliphatic carbocycles. The van der Waals surface area contributed by atoms with Crippen molar-refractivity contribution in [2.75, 3.05) is 165 Å². The number of carboxylic acid groups (broad SMARTS) is 1. The third kappa shape index (κ3) is 50.5. The van der Waals surface area contributed by atoms with Gasteiger partial charge in [0.2, 0.25) is 0 Å². The summed E-state index contributed by atoms with van der Waals surface area (Å²) in [5.74, 6) is -1.21. The number of unbranched alkanes of at least 4 members (excludes halogenated alkanes) is 8. The number of hydrogen-bond acceptors (Lipinski definition) is 15. The molecular weight excluding hydrogens is 736 g/mol. The minimum atomic E-state index is -0.863. The van der Waals surface area contributed by atoms with Crippen molar-refractivity contribution in [3.8, 4) is 0 Å². The van der Waals surface area contributed by atoms with E-state index in [1.165, 1.54) is 44.9 Å². The molecule has 0 aliphatic rings. The Kier molecular flexibility index (Phi) is 48.2. The Hall–Kier alpha value is -1.54. The van der Waals surface area contributed by atoms with Crippen molar-refractivity contribution in [1.29, 1.82) is 0 Å². The first kappa shape index (κ1) is 54.5. The molecule has 0 amide bonds. The summed E-state index contributed by atoms with van der Waals surface area (Å²) in [6.07, 6.45) is 11.7. The summed E-state index contributed by atoms with van der Waals surface area (Å²) in [5.41, 5.74) is 0. The van der Waals surface area contributed by atoms with Gasteiger partial charge in [-0.05, 0) is 19.3 Å². The van der Waals surface area contributed by atoms with Crippen LogP contribution in [-0.2, 0) is 71.2 Å². The van der Waals surface area contributed by atoms with Gasteiger partial charge in [0.25, 0.3) is 0 Å². The van der Waals surface area contributed by atoms with Crippen LogP contribution in [0.4, 0.5) is 0 Å². The van der Waals surface area contributed by atoms with Gasteiger partial charge >= 0.3 is 11.9 Å². The molecule has 16 heteroatoms. The number of rotatable bonds is 50. The number of hydrogen-bond donors (Lipinski definition) is 1. The molecule has 0 radical (unpaired) electrons. The second-order valence-electron chi connectivity index (χ2n) is 12.6. The Bertz CT molecular complexity index is 779. The van der Waals surface area contributed by atoms with E-state index in [1.54, 1.807) is 0 Å². The molecular formula is C40H78O16. The molecule has 0 unspecified atom stereocenters. The van der Waals surface area contributed by atoms with E-state index >= 15 is 0 Å². The van der Waals surface area contributed by atoms with Crippen LogP contribution in [0.2, 0.25) is 0 Å². The van der Waals surface area contributed by atoms with Crippen LogP contribution in [0.15, 0.2) is 0 Å². The minimum Gasteiger partial charge on any atom is -0.481 e. The molecule has 0 aromatic heterocycles. The van der Waals surface area contributed by atoms with E-state index in [0.29, 0.717) is 158 Å². The van der Waals surface area contributed by atoms with Crippen molar-refractivity contribution in [3.63, 3.8) is 0 Å². The van der Waals surface area contributed by atoms with Crippen LogP contribution in [0.3, 0.4) is 0 Å². The first-order chi connectivity index (χ1) is 27.7. The first-order valence-corrected chi connectivity index (χ1v) is 21.0. The Morgan fingerprint density at radius 1 is 0.304 bits per heavy atom. The standard InChI is InChI=1S/C40H78O16/c1-2-3-4-5-6-7-8-11-14-44-15-16-45-17-18-46-19-20-47-21-22-48-23-24-49-25-26-50-27-28-51-29-30-52-31-32-53-33-34-54-35-36-55-37-38-56-40(43)13-10-9-12-39(41)42/h2-38H2,1H3,(H,41,42). The largest absolute Gasteiger partial charge is 0.481 e. The molecule has 1 N–H and O–H groups in total. The molecule has 16 nitrogen and oxygen atoms in total. The number of carbonyl (C=O) groups is 2. The molecule has 0 fully saturated rings. The molecule has 0 bridgehead atoms. The Morgan fingerprint density at radius 2 is 0.554 bits per heavy atom. The topological polar surface area (TPSA) is 174 Å². The second-order valence-corrected chi connectivity index (χ2v) is 12.6. The summed E-state index contributed by atoms with van der Waals surface area (Å²) < 4.78 is 70.9. The average molecular weight is 815 g/mol. The van der Waals surface area contributed by atoms with E-state index in [4.69, 9.17) is 66.7 Å². The lowest BCUT2D eigenvalue weighted by Crippen LogP contribution is -2.15. The van der Waals surface area contributed by atoms with Crippen LogP contribution in [0, 0.1) is 0 Å². The quantitative estimate of drug-likeness (QED) is 0.0670. The molecule has 0 spiro atoms. The van der Waals surface area contributed by atoms with E-state index in [1.807, 2.05) is 0 Å². The highest BCUT2D eigenvalue weighted by Gasteiger charge is 2.04. The lowest BCUT2D eigenvalue weighted by Gasteiger charge is -2.09. The second kappa shape index (κ2) is 49.6. The Morgan fingerprint density at radius 3 is 0.857 bits per heavy atom. The van der Waals surface area contributed by atoms with Crippen molar-refractivity contribution in [2.24, 2.45) is 0 Å². The summed E-state index contributed by atoms with van der Waals surface area (Å²) in [5, 5.41) is 8.56. The number of aliphatic carboxylic acids is 1. The van der Waals surface area contributed by atoms with Crippen LogP contribution in [0.5, 0.6) is 0 Å². The monoisotopic (exact) mass is 815 g/mol. The minimum absolute atomic E-state index is 0.0596. The van der Waals surface area contributed by atoms with E-state index in [-0.39, 0.29) is 32.0 Å². The highest BCUT2D eigenvalue weighted by atomic mass is 16.6. The van der Waals surface area contributed by atoms with Gasteiger partial charge in [0.15, 0.2) is 0 Å². The van der Waals surface area contributed by atoms with Gasteiger partial charge in [-0.2, -0.15) is 0 Å². The Labute approximate surface area is 337 Å². The molecule has 0 aromatic rings. The maximum absolute atomic E-state index is 11.5. The lowest BCUT2D eigenvalue weighted by molar-refractivity contribution is -0.146. The molecule has 56 heavy (non-hydrogen) atoms. The lowest BCUT2D eigenvalue weighted by atomic mass is 10.1. The van der Waals surface area contributed by atoms with Gasteiger partial charge in [0.05, 0.1) is 152 Å². The number of carbonyl (C=O) groups excluding carboxylic acids is 1. The molecule has 0 heterocycles. The fourth-order valence-electron chi connectivity index (χ4n) is 4.69. The van der Waals surface area contributed by atoms with Crippen LogP contribution in [0.1, 0.15) is 84.0 Å². The van der Waals surface area contributed by atoms with Gasteiger partial charge in [0.1, 0.15) is 6.61 Å². The van der Waals surface area contributed by atoms with Crippen LogP contribution in [-0.4, -0.2) is 182 Å². The zero-order chi connectivity index (χ0) is 40.5. The number of ether oxygens (including phenoxy) is 13. The van der Waals surface area contributed by atoms with E-state index in [2.05, 4.69) is 6.92 Å². The fourth-order valence-corrected chi connectivity index (χ4v) is 4.69. The van der Waals surface area contributed by atoms with Crippen molar-refractivity contribution < 1.29 is 76.3 Å². The molecule has 0 rings (SSSR count). The van der Waals surface area contributed by atoms with Gasteiger partial charge in [-0.3, -0.25) is 9.59 Å². The summed E-state index contributed by atoms with van der Waals surface area (Å²) in [6.45, 7) is 14.5. The smallest absolute Gasteiger partial charge is 0.305 e. The van der Waals surface area contributed by atoms with Crippen LogP contribution >= 0.6 is 0 Å². The molecule has 0 aliphatic heterocycles. The molecule has 334 valence electrons. The van der Waals surface area contributed by atoms with Crippen LogP contribution < -0.4 is 0 Å². The summed E-state index contributed by atoms with van der Waals surface area (Å²) in [7, 11) is 0. The van der Waals surface area contributed by atoms with Crippen molar-refractivity contribution in [2.45, 2.75) is 84.0 Å². The van der Waals surface area contributed by atoms with E-state index < -0.39 is 5.97 Å². The van der Waals surface area contributed by atoms with Gasteiger partial charge in [-0.25, -0.2) is 0 Å². The van der Waals surface area contributed by atoms with Gasteiger partial charge in [0, 0.05) is 19.4 Å². The zero-order valence-corrected chi connectivity index (χ0v) is 34.7. The van der Waals surface area contributed by atoms with Gasteiger partial charge in [-0.15, -0.1) is 0 Å². The van der Waals surface area contributed by atoms with E-state index in [9.17, 15) is 9.59 Å². The van der Waals surface area contributed by atoms with Crippen molar-refractivity contribution >= 4 is 11.9 Å². The SMILES string of the molecule is CCCCCCCCCCOCCOCCOCCOCCOCCOCCOCCOCCOCCOCCOCCOCCOC(=O)CCCCC(=O)O. The Balaban J connectivity index is 3.09. The van der Waals surface area contributed by atoms with Crippen LogP contribution in [0.25, 0.3) is 0 Å². The molecule has 0 atom stereocenters. The zero-order valence-electron chi connectivity index (χ0n) is 34.7. The third-order valence-corrected chi connectivity index (χ3v) is 7.75. The number of carboxylic acids is 1.